The van der Waals surface area contributed by atoms with Gasteiger partial charge >= 0.3 is 0 Å². The van der Waals surface area contributed by atoms with Gasteiger partial charge in [0.05, 0.1) is 11.3 Å². The molecule has 3 rings (SSSR count). The fourth-order valence-electron chi connectivity index (χ4n) is 2.66. The molecular formula is C17H19Cl2N5O. The molecule has 0 saturated carbocycles. The first-order valence-corrected chi connectivity index (χ1v) is 8.72. The SMILES string of the molecule is Cc1nc(N2CCN(C)CC2)ncc1C(=O)Nc1cc(Cl)cc(Cl)c1. The van der Waals surface area contributed by atoms with Crippen molar-refractivity contribution in [3.8, 4) is 0 Å². The van der Waals surface area contributed by atoms with E-state index in [1.165, 1.54) is 0 Å². The molecule has 1 aliphatic rings. The van der Waals surface area contributed by atoms with Crippen LogP contribution in [0.2, 0.25) is 10.0 Å². The lowest BCUT2D eigenvalue weighted by atomic mass is 10.2. The normalized spacial score (nSPS) is 15.3. The van der Waals surface area contributed by atoms with Crippen molar-refractivity contribution in [2.75, 3.05) is 43.4 Å². The lowest BCUT2D eigenvalue weighted by molar-refractivity contribution is 0.102. The Labute approximate surface area is 156 Å². The number of rotatable bonds is 3. The van der Waals surface area contributed by atoms with E-state index in [4.69, 9.17) is 23.2 Å². The van der Waals surface area contributed by atoms with Gasteiger partial charge in [0.25, 0.3) is 5.91 Å². The van der Waals surface area contributed by atoms with Gasteiger partial charge in [-0.15, -0.1) is 0 Å². The van der Waals surface area contributed by atoms with Crippen LogP contribution in [0.1, 0.15) is 16.1 Å². The van der Waals surface area contributed by atoms with Crippen LogP contribution < -0.4 is 10.2 Å². The number of benzene rings is 1. The number of carbonyl (C=O) groups is 1. The molecule has 8 heteroatoms. The molecule has 6 nitrogen and oxygen atoms in total. The lowest BCUT2D eigenvalue weighted by Gasteiger charge is -2.32. The summed E-state index contributed by atoms with van der Waals surface area (Å²) in [6.45, 7) is 5.51. The third-order valence-corrected chi connectivity index (χ3v) is 4.55. The van der Waals surface area contributed by atoms with E-state index in [1.807, 2.05) is 0 Å². The van der Waals surface area contributed by atoms with E-state index in [9.17, 15) is 4.79 Å². The van der Waals surface area contributed by atoms with Crippen LogP contribution in [0, 0.1) is 6.92 Å². The molecule has 1 amide bonds. The quantitative estimate of drug-likeness (QED) is 0.887. The molecule has 132 valence electrons. The molecule has 1 aliphatic heterocycles. The molecule has 1 aromatic carbocycles. The Morgan fingerprint density at radius 2 is 1.76 bits per heavy atom. The maximum Gasteiger partial charge on any atom is 0.259 e. The van der Waals surface area contributed by atoms with Gasteiger partial charge in [-0.1, -0.05) is 23.2 Å². The van der Waals surface area contributed by atoms with Gasteiger partial charge in [0.2, 0.25) is 5.95 Å². The summed E-state index contributed by atoms with van der Waals surface area (Å²) < 4.78 is 0. The molecular weight excluding hydrogens is 361 g/mol. The Morgan fingerprint density at radius 1 is 1.12 bits per heavy atom. The number of aromatic nitrogens is 2. The molecule has 2 aromatic rings. The van der Waals surface area contributed by atoms with Gasteiger partial charge < -0.3 is 15.1 Å². The second-order valence-electron chi connectivity index (χ2n) is 6.07. The maximum atomic E-state index is 12.5. The van der Waals surface area contributed by atoms with Crippen molar-refractivity contribution in [2.45, 2.75) is 6.92 Å². The first-order chi connectivity index (χ1) is 11.9. The van der Waals surface area contributed by atoms with Crippen LogP contribution in [0.15, 0.2) is 24.4 Å². The van der Waals surface area contributed by atoms with E-state index in [0.29, 0.717) is 32.9 Å². The smallest absolute Gasteiger partial charge is 0.259 e. The first kappa shape index (κ1) is 17.9. The second-order valence-corrected chi connectivity index (χ2v) is 6.94. The number of nitrogens with zero attached hydrogens (tertiary/aromatic N) is 4. The average molecular weight is 380 g/mol. The molecule has 1 aromatic heterocycles. The number of amides is 1. The van der Waals surface area contributed by atoms with Crippen molar-refractivity contribution in [2.24, 2.45) is 0 Å². The predicted octanol–water partition coefficient (Wildman–Crippen LogP) is 3.10. The lowest BCUT2D eigenvalue weighted by Crippen LogP contribution is -2.45. The topological polar surface area (TPSA) is 61.4 Å². The van der Waals surface area contributed by atoms with E-state index in [0.717, 1.165) is 26.2 Å². The van der Waals surface area contributed by atoms with E-state index in [1.54, 1.807) is 31.3 Å². The number of likely N-dealkylation sites (N-methyl/N-ethyl adjacent to an activating group) is 1. The number of carbonyl (C=O) groups excluding carboxylic acids is 1. The van der Waals surface area contributed by atoms with Crippen molar-refractivity contribution < 1.29 is 4.79 Å². The predicted molar refractivity (Wildman–Crippen MR) is 101 cm³/mol. The largest absolute Gasteiger partial charge is 0.338 e. The Morgan fingerprint density at radius 3 is 2.36 bits per heavy atom. The summed E-state index contributed by atoms with van der Waals surface area (Å²) in [7, 11) is 2.10. The van der Waals surface area contributed by atoms with Crippen LogP contribution in [0.3, 0.4) is 0 Å². The minimum absolute atomic E-state index is 0.291. The highest BCUT2D eigenvalue weighted by Gasteiger charge is 2.19. The van der Waals surface area contributed by atoms with Gasteiger partial charge in [0.1, 0.15) is 0 Å². The zero-order chi connectivity index (χ0) is 18.0. The number of aryl methyl sites for hydroxylation is 1. The van der Waals surface area contributed by atoms with Crippen LogP contribution in [-0.2, 0) is 0 Å². The van der Waals surface area contributed by atoms with Crippen LogP contribution in [0.5, 0.6) is 0 Å². The van der Waals surface area contributed by atoms with Gasteiger partial charge in [-0.2, -0.15) is 0 Å². The first-order valence-electron chi connectivity index (χ1n) is 7.97. The Kier molecular flexibility index (Phi) is 5.42. The second kappa shape index (κ2) is 7.56. The summed E-state index contributed by atoms with van der Waals surface area (Å²) in [6.07, 6.45) is 1.57. The molecule has 0 bridgehead atoms. The zero-order valence-corrected chi connectivity index (χ0v) is 15.6. The zero-order valence-electron chi connectivity index (χ0n) is 14.1. The van der Waals surface area contributed by atoms with Crippen molar-refractivity contribution in [3.05, 3.63) is 45.7 Å². The van der Waals surface area contributed by atoms with Crippen LogP contribution in [0.4, 0.5) is 11.6 Å². The van der Waals surface area contributed by atoms with Gasteiger partial charge in [0, 0.05) is 48.1 Å². The number of hydrogen-bond donors (Lipinski definition) is 1. The molecule has 0 atom stereocenters. The van der Waals surface area contributed by atoms with Crippen molar-refractivity contribution in [1.29, 1.82) is 0 Å². The minimum Gasteiger partial charge on any atom is -0.338 e. The summed E-state index contributed by atoms with van der Waals surface area (Å²) in [5, 5.41) is 3.70. The van der Waals surface area contributed by atoms with Crippen molar-refractivity contribution in [1.82, 2.24) is 14.9 Å². The fourth-order valence-corrected chi connectivity index (χ4v) is 3.19. The highest BCUT2D eigenvalue weighted by Crippen LogP contribution is 2.23. The van der Waals surface area contributed by atoms with Crippen LogP contribution >= 0.6 is 23.2 Å². The average Bonchev–Trinajstić information content (AvgIpc) is 2.54. The summed E-state index contributed by atoms with van der Waals surface area (Å²) in [5.41, 5.74) is 1.59. The molecule has 1 fully saturated rings. The van der Waals surface area contributed by atoms with E-state index < -0.39 is 0 Å². The molecule has 0 unspecified atom stereocenters. The molecule has 1 N–H and O–H groups in total. The fraction of sp³-hybridized carbons (Fsp3) is 0.353. The van der Waals surface area contributed by atoms with Gasteiger partial charge in [-0.3, -0.25) is 4.79 Å². The van der Waals surface area contributed by atoms with Crippen LogP contribution in [0.25, 0.3) is 0 Å². The molecule has 0 aliphatic carbocycles. The Hall–Kier alpha value is -1.89. The number of halogens is 2. The number of nitrogens with one attached hydrogen (secondary N) is 1. The molecule has 0 radical (unpaired) electrons. The maximum absolute atomic E-state index is 12.5. The van der Waals surface area contributed by atoms with Gasteiger partial charge in [-0.25, -0.2) is 9.97 Å². The molecule has 25 heavy (non-hydrogen) atoms. The Bertz CT molecular complexity index is 770. The van der Waals surface area contributed by atoms with E-state index in [-0.39, 0.29) is 5.91 Å². The van der Waals surface area contributed by atoms with Crippen molar-refractivity contribution in [3.63, 3.8) is 0 Å². The third kappa shape index (κ3) is 4.39. The molecule has 2 heterocycles. The van der Waals surface area contributed by atoms with Crippen molar-refractivity contribution >= 4 is 40.7 Å². The molecule has 0 spiro atoms. The minimum atomic E-state index is -0.291. The summed E-state index contributed by atoms with van der Waals surface area (Å²) in [4.78, 5) is 25.8. The number of piperazine rings is 1. The Balaban J connectivity index is 1.75. The highest BCUT2D eigenvalue weighted by molar-refractivity contribution is 6.35. The third-order valence-electron chi connectivity index (χ3n) is 4.12. The van der Waals surface area contributed by atoms with Crippen LogP contribution in [-0.4, -0.2) is 54.0 Å². The van der Waals surface area contributed by atoms with Gasteiger partial charge in [-0.05, 0) is 32.2 Å². The van der Waals surface area contributed by atoms with E-state index in [2.05, 4.69) is 32.1 Å². The monoisotopic (exact) mass is 379 g/mol. The summed E-state index contributed by atoms with van der Waals surface area (Å²) >= 11 is 11.9. The van der Waals surface area contributed by atoms with E-state index >= 15 is 0 Å². The standard InChI is InChI=1S/C17H19Cl2N5O/c1-11-15(16(25)22-14-8-12(18)7-13(19)9-14)10-20-17(21-11)24-5-3-23(2)4-6-24/h7-10H,3-6H2,1-2H3,(H,22,25). The molecule has 1 saturated heterocycles. The summed E-state index contributed by atoms with van der Waals surface area (Å²) in [6, 6.07) is 4.89. The highest BCUT2D eigenvalue weighted by atomic mass is 35.5. The summed E-state index contributed by atoms with van der Waals surface area (Å²) in [5.74, 6) is 0.369. The number of hydrogen-bond acceptors (Lipinski definition) is 5. The number of anilines is 2. The van der Waals surface area contributed by atoms with Gasteiger partial charge in [0.15, 0.2) is 0 Å².